The van der Waals surface area contributed by atoms with Gasteiger partial charge in [-0.15, -0.1) is 0 Å². The number of carbonyl (C=O) groups excluding carboxylic acids is 1. The van der Waals surface area contributed by atoms with Crippen molar-refractivity contribution in [3.8, 4) is 0 Å². The third kappa shape index (κ3) is 5.56. The van der Waals surface area contributed by atoms with Crippen molar-refractivity contribution >= 4 is 11.6 Å². The number of hydrogen-bond acceptors (Lipinski definition) is 3. The van der Waals surface area contributed by atoms with E-state index in [1.54, 1.807) is 6.07 Å². The number of aryl methyl sites for hydroxylation is 1. The summed E-state index contributed by atoms with van der Waals surface area (Å²) >= 11 is 0. The molecule has 150 valence electrons. The fourth-order valence-electron chi connectivity index (χ4n) is 3.32. The van der Waals surface area contributed by atoms with Crippen molar-refractivity contribution in [2.75, 3.05) is 38.0 Å². The van der Waals surface area contributed by atoms with Gasteiger partial charge in [-0.1, -0.05) is 36.4 Å². The highest BCUT2D eigenvalue weighted by atomic mass is 19.4. The van der Waals surface area contributed by atoms with Crippen molar-refractivity contribution in [3.05, 3.63) is 65.2 Å². The molecule has 0 saturated carbocycles. The van der Waals surface area contributed by atoms with Gasteiger partial charge < -0.3 is 5.32 Å². The molecule has 0 radical (unpaired) electrons. The van der Waals surface area contributed by atoms with Crippen LogP contribution in [0.25, 0.3) is 0 Å². The molecule has 4 nitrogen and oxygen atoms in total. The molecule has 7 heteroatoms. The van der Waals surface area contributed by atoms with Gasteiger partial charge in [0, 0.05) is 38.4 Å². The topological polar surface area (TPSA) is 35.6 Å². The van der Waals surface area contributed by atoms with Gasteiger partial charge in [-0.2, -0.15) is 13.2 Å². The maximum Gasteiger partial charge on any atom is 0.416 e. The van der Waals surface area contributed by atoms with E-state index in [-0.39, 0.29) is 5.91 Å². The maximum atomic E-state index is 12.8. The summed E-state index contributed by atoms with van der Waals surface area (Å²) in [5.74, 6) is -0.0550. The zero-order chi connectivity index (χ0) is 20.1. The lowest BCUT2D eigenvalue weighted by molar-refractivity contribution is -0.137. The Morgan fingerprint density at radius 3 is 2.36 bits per heavy atom. The first-order chi connectivity index (χ1) is 13.3. The maximum absolute atomic E-state index is 12.8. The SMILES string of the molecule is Cc1ccccc1NC(=O)CN1CCN(Cc2cccc(C(F)(F)F)c2)CC1. The van der Waals surface area contributed by atoms with E-state index in [1.165, 1.54) is 12.1 Å². The van der Waals surface area contributed by atoms with Gasteiger partial charge in [-0.05, 0) is 30.2 Å². The molecule has 1 aliphatic heterocycles. The molecule has 2 aromatic carbocycles. The second-order valence-electron chi connectivity index (χ2n) is 7.11. The molecule has 0 bridgehead atoms. The molecule has 1 amide bonds. The monoisotopic (exact) mass is 391 g/mol. The number of nitrogens with zero attached hydrogens (tertiary/aromatic N) is 2. The third-order valence-corrected chi connectivity index (χ3v) is 4.91. The number of halogens is 3. The summed E-state index contributed by atoms with van der Waals surface area (Å²) < 4.78 is 38.5. The van der Waals surface area contributed by atoms with Crippen LogP contribution in [0, 0.1) is 6.92 Å². The molecule has 0 atom stereocenters. The smallest absolute Gasteiger partial charge is 0.325 e. The number of hydrogen-bond donors (Lipinski definition) is 1. The van der Waals surface area contributed by atoms with E-state index in [0.717, 1.165) is 17.3 Å². The summed E-state index contributed by atoms with van der Waals surface area (Å²) in [6.07, 6.45) is -4.32. The highest BCUT2D eigenvalue weighted by Crippen LogP contribution is 2.29. The van der Waals surface area contributed by atoms with Gasteiger partial charge >= 0.3 is 6.18 Å². The van der Waals surface area contributed by atoms with E-state index in [1.807, 2.05) is 31.2 Å². The summed E-state index contributed by atoms with van der Waals surface area (Å²) in [5, 5.41) is 2.93. The normalized spacial score (nSPS) is 16.1. The summed E-state index contributed by atoms with van der Waals surface area (Å²) in [4.78, 5) is 16.4. The molecule has 2 aromatic rings. The van der Waals surface area contributed by atoms with Crippen LogP contribution in [0.1, 0.15) is 16.7 Å². The fourth-order valence-corrected chi connectivity index (χ4v) is 3.32. The summed E-state index contributed by atoms with van der Waals surface area (Å²) in [5.41, 5.74) is 1.87. The van der Waals surface area contributed by atoms with Crippen LogP contribution < -0.4 is 5.32 Å². The molecular formula is C21H24F3N3O. The number of amides is 1. The average molecular weight is 391 g/mol. The van der Waals surface area contributed by atoms with E-state index < -0.39 is 11.7 Å². The number of carbonyl (C=O) groups is 1. The fraction of sp³-hybridized carbons (Fsp3) is 0.381. The molecule has 1 heterocycles. The molecule has 1 N–H and O–H groups in total. The number of rotatable bonds is 5. The summed E-state index contributed by atoms with van der Waals surface area (Å²) in [6.45, 7) is 5.59. The minimum Gasteiger partial charge on any atom is -0.325 e. The van der Waals surface area contributed by atoms with E-state index >= 15 is 0 Å². The minimum absolute atomic E-state index is 0.0550. The van der Waals surface area contributed by atoms with Crippen LogP contribution in [0.4, 0.5) is 18.9 Å². The van der Waals surface area contributed by atoms with Crippen LogP contribution in [-0.2, 0) is 17.5 Å². The molecule has 0 spiro atoms. The van der Waals surface area contributed by atoms with Crippen molar-refractivity contribution in [1.29, 1.82) is 0 Å². The van der Waals surface area contributed by atoms with Crippen molar-refractivity contribution in [2.24, 2.45) is 0 Å². The second kappa shape index (κ2) is 8.75. The third-order valence-electron chi connectivity index (χ3n) is 4.91. The van der Waals surface area contributed by atoms with Gasteiger partial charge in [0.1, 0.15) is 0 Å². The first-order valence-electron chi connectivity index (χ1n) is 9.27. The Balaban J connectivity index is 1.47. The molecular weight excluding hydrogens is 367 g/mol. The lowest BCUT2D eigenvalue weighted by Crippen LogP contribution is -2.48. The number of anilines is 1. The predicted molar refractivity (Wildman–Crippen MR) is 103 cm³/mol. The van der Waals surface area contributed by atoms with Crippen LogP contribution in [0.2, 0.25) is 0 Å². The Morgan fingerprint density at radius 1 is 1.00 bits per heavy atom. The first-order valence-corrected chi connectivity index (χ1v) is 9.27. The summed E-state index contributed by atoms with van der Waals surface area (Å²) in [6, 6.07) is 13.1. The van der Waals surface area contributed by atoms with E-state index in [9.17, 15) is 18.0 Å². The Hall–Kier alpha value is -2.38. The standard InChI is InChI=1S/C21H24F3N3O/c1-16-5-2-3-8-19(16)25-20(28)15-27-11-9-26(10-12-27)14-17-6-4-7-18(13-17)21(22,23)24/h2-8,13H,9-12,14-15H2,1H3,(H,25,28). The molecule has 28 heavy (non-hydrogen) atoms. The van der Waals surface area contributed by atoms with Crippen molar-refractivity contribution in [2.45, 2.75) is 19.6 Å². The van der Waals surface area contributed by atoms with E-state index in [2.05, 4.69) is 15.1 Å². The Bertz CT molecular complexity index is 815. The highest BCUT2D eigenvalue weighted by molar-refractivity contribution is 5.92. The number of alkyl halides is 3. The van der Waals surface area contributed by atoms with Gasteiger partial charge in [-0.3, -0.25) is 14.6 Å². The van der Waals surface area contributed by atoms with Gasteiger partial charge in [0.15, 0.2) is 0 Å². The van der Waals surface area contributed by atoms with Crippen LogP contribution in [0.3, 0.4) is 0 Å². The quantitative estimate of drug-likeness (QED) is 0.843. The van der Waals surface area contributed by atoms with Crippen LogP contribution in [0.5, 0.6) is 0 Å². The highest BCUT2D eigenvalue weighted by Gasteiger charge is 2.30. The zero-order valence-electron chi connectivity index (χ0n) is 15.8. The van der Waals surface area contributed by atoms with Gasteiger partial charge in [0.05, 0.1) is 12.1 Å². The van der Waals surface area contributed by atoms with Crippen molar-refractivity contribution in [1.82, 2.24) is 9.80 Å². The Labute approximate surface area is 162 Å². The summed E-state index contributed by atoms with van der Waals surface area (Å²) in [7, 11) is 0. The second-order valence-corrected chi connectivity index (χ2v) is 7.11. The molecule has 0 unspecified atom stereocenters. The first kappa shape index (κ1) is 20.4. The molecule has 1 fully saturated rings. The Kier molecular flexibility index (Phi) is 6.36. The van der Waals surface area contributed by atoms with Gasteiger partial charge in [0.25, 0.3) is 0 Å². The van der Waals surface area contributed by atoms with E-state index in [0.29, 0.717) is 44.8 Å². The number of piperazine rings is 1. The molecule has 1 aliphatic rings. The van der Waals surface area contributed by atoms with E-state index in [4.69, 9.17) is 0 Å². The largest absolute Gasteiger partial charge is 0.416 e. The molecule has 1 saturated heterocycles. The zero-order valence-corrected chi connectivity index (χ0v) is 15.8. The average Bonchev–Trinajstić information content (AvgIpc) is 2.65. The molecule has 0 aromatic heterocycles. The molecule has 0 aliphatic carbocycles. The van der Waals surface area contributed by atoms with Crippen LogP contribution in [-0.4, -0.2) is 48.4 Å². The van der Waals surface area contributed by atoms with Crippen molar-refractivity contribution < 1.29 is 18.0 Å². The van der Waals surface area contributed by atoms with Crippen LogP contribution >= 0.6 is 0 Å². The van der Waals surface area contributed by atoms with Gasteiger partial charge in [0.2, 0.25) is 5.91 Å². The number of benzene rings is 2. The Morgan fingerprint density at radius 2 is 1.68 bits per heavy atom. The number of para-hydroxylation sites is 1. The van der Waals surface area contributed by atoms with Crippen molar-refractivity contribution in [3.63, 3.8) is 0 Å². The number of nitrogens with one attached hydrogen (secondary N) is 1. The predicted octanol–water partition coefficient (Wildman–Crippen LogP) is 3.77. The van der Waals surface area contributed by atoms with Gasteiger partial charge in [-0.25, -0.2) is 0 Å². The van der Waals surface area contributed by atoms with Crippen LogP contribution in [0.15, 0.2) is 48.5 Å². The molecule has 3 rings (SSSR count). The lowest BCUT2D eigenvalue weighted by atomic mass is 10.1. The lowest BCUT2D eigenvalue weighted by Gasteiger charge is -2.34. The minimum atomic E-state index is -4.32.